The molecule has 3 rings (SSSR count). The van der Waals surface area contributed by atoms with Gasteiger partial charge in [0.05, 0.1) is 10.6 Å². The standard InChI is InChI=1S/C16H17ClN2O3S/c1-2-10-7-8-11(9-14(10)23(17,21)22)15-12-5-3-4-6-13(12)16(20)19-18-15/h7-9H,2-6H2,1H3,(H,19,20). The molecule has 0 atom stereocenters. The van der Waals surface area contributed by atoms with Crippen molar-refractivity contribution in [3.63, 3.8) is 0 Å². The Morgan fingerprint density at radius 3 is 2.57 bits per heavy atom. The topological polar surface area (TPSA) is 79.9 Å². The molecule has 23 heavy (non-hydrogen) atoms. The van der Waals surface area contributed by atoms with E-state index in [4.69, 9.17) is 10.7 Å². The van der Waals surface area contributed by atoms with Gasteiger partial charge in [-0.1, -0.05) is 19.1 Å². The third kappa shape index (κ3) is 3.05. The van der Waals surface area contributed by atoms with Crippen molar-refractivity contribution >= 4 is 19.7 Å². The highest BCUT2D eigenvalue weighted by Crippen LogP contribution is 2.31. The summed E-state index contributed by atoms with van der Waals surface area (Å²) in [6.45, 7) is 1.88. The smallest absolute Gasteiger partial charge is 0.267 e. The molecule has 0 aliphatic heterocycles. The van der Waals surface area contributed by atoms with Crippen molar-refractivity contribution in [1.29, 1.82) is 0 Å². The largest absolute Gasteiger partial charge is 0.268 e. The molecule has 1 aliphatic carbocycles. The Morgan fingerprint density at radius 2 is 1.91 bits per heavy atom. The van der Waals surface area contributed by atoms with Gasteiger partial charge in [-0.05, 0) is 49.3 Å². The average Bonchev–Trinajstić information content (AvgIpc) is 2.54. The first-order chi connectivity index (χ1) is 10.9. The SMILES string of the molecule is CCc1ccc(-c2n[nH]c(=O)c3c2CCCC3)cc1S(=O)(=O)Cl. The van der Waals surface area contributed by atoms with Gasteiger partial charge in [0, 0.05) is 21.8 Å². The highest BCUT2D eigenvalue weighted by molar-refractivity contribution is 8.13. The summed E-state index contributed by atoms with van der Waals surface area (Å²) >= 11 is 0. The molecule has 0 saturated heterocycles. The molecule has 0 amide bonds. The van der Waals surface area contributed by atoms with E-state index >= 15 is 0 Å². The van der Waals surface area contributed by atoms with Crippen LogP contribution in [0.5, 0.6) is 0 Å². The molecule has 0 saturated carbocycles. The third-order valence-corrected chi connectivity index (χ3v) is 5.69. The fourth-order valence-electron chi connectivity index (χ4n) is 3.12. The minimum absolute atomic E-state index is 0.108. The Balaban J connectivity index is 2.23. The molecular formula is C16H17ClN2O3S. The Kier molecular flexibility index (Phi) is 4.29. The third-order valence-electron chi connectivity index (χ3n) is 4.28. The van der Waals surface area contributed by atoms with Crippen LogP contribution in [0.25, 0.3) is 11.3 Å². The highest BCUT2D eigenvalue weighted by Gasteiger charge is 2.21. The van der Waals surface area contributed by atoms with E-state index < -0.39 is 9.05 Å². The first kappa shape index (κ1) is 16.2. The molecule has 122 valence electrons. The van der Waals surface area contributed by atoms with Crippen molar-refractivity contribution in [2.75, 3.05) is 0 Å². The van der Waals surface area contributed by atoms with Gasteiger partial charge in [0.1, 0.15) is 0 Å². The Morgan fingerprint density at radius 1 is 1.22 bits per heavy atom. The number of aryl methyl sites for hydroxylation is 1. The van der Waals surface area contributed by atoms with Gasteiger partial charge >= 0.3 is 0 Å². The van der Waals surface area contributed by atoms with Crippen LogP contribution in [-0.4, -0.2) is 18.6 Å². The summed E-state index contributed by atoms with van der Waals surface area (Å²) in [5.41, 5.74) is 3.50. The van der Waals surface area contributed by atoms with Crippen LogP contribution in [0.4, 0.5) is 0 Å². The van der Waals surface area contributed by atoms with Crippen LogP contribution < -0.4 is 5.56 Å². The Labute approximate surface area is 139 Å². The zero-order chi connectivity index (χ0) is 16.6. The number of hydrogen-bond donors (Lipinski definition) is 1. The summed E-state index contributed by atoms with van der Waals surface area (Å²) in [5.74, 6) is 0. The van der Waals surface area contributed by atoms with E-state index in [2.05, 4.69) is 10.2 Å². The maximum Gasteiger partial charge on any atom is 0.267 e. The minimum Gasteiger partial charge on any atom is -0.268 e. The molecule has 1 N–H and O–H groups in total. The zero-order valence-electron chi connectivity index (χ0n) is 12.7. The lowest BCUT2D eigenvalue weighted by Gasteiger charge is -2.18. The van der Waals surface area contributed by atoms with Crippen molar-refractivity contribution in [2.45, 2.75) is 43.9 Å². The van der Waals surface area contributed by atoms with E-state index in [9.17, 15) is 13.2 Å². The quantitative estimate of drug-likeness (QED) is 0.861. The summed E-state index contributed by atoms with van der Waals surface area (Å²) in [7, 11) is 1.73. The van der Waals surface area contributed by atoms with E-state index in [-0.39, 0.29) is 10.5 Å². The predicted molar refractivity (Wildman–Crippen MR) is 89.4 cm³/mol. The van der Waals surface area contributed by atoms with Crippen molar-refractivity contribution in [2.24, 2.45) is 0 Å². The van der Waals surface area contributed by atoms with Crippen molar-refractivity contribution in [3.05, 3.63) is 45.2 Å². The second-order valence-corrected chi connectivity index (χ2v) is 8.21. The van der Waals surface area contributed by atoms with Crippen LogP contribution in [0.2, 0.25) is 0 Å². The molecule has 7 heteroatoms. The highest BCUT2D eigenvalue weighted by atomic mass is 35.7. The lowest BCUT2D eigenvalue weighted by Crippen LogP contribution is -2.21. The van der Waals surface area contributed by atoms with Crippen LogP contribution in [0.1, 0.15) is 36.5 Å². The maximum absolute atomic E-state index is 11.9. The molecule has 1 heterocycles. The van der Waals surface area contributed by atoms with Crippen molar-refractivity contribution in [1.82, 2.24) is 10.2 Å². The summed E-state index contributed by atoms with van der Waals surface area (Å²) in [5, 5.41) is 6.69. The summed E-state index contributed by atoms with van der Waals surface area (Å²) in [6, 6.07) is 5.14. The van der Waals surface area contributed by atoms with Crippen molar-refractivity contribution < 1.29 is 8.42 Å². The molecule has 1 aromatic heterocycles. The molecule has 2 aromatic rings. The van der Waals surface area contributed by atoms with Crippen LogP contribution >= 0.6 is 10.7 Å². The van der Waals surface area contributed by atoms with E-state index in [0.29, 0.717) is 23.2 Å². The Bertz CT molecular complexity index is 919. The first-order valence-corrected chi connectivity index (χ1v) is 9.91. The first-order valence-electron chi connectivity index (χ1n) is 7.60. The molecule has 0 bridgehead atoms. The van der Waals surface area contributed by atoms with E-state index in [1.165, 1.54) is 0 Å². The van der Waals surface area contributed by atoms with Gasteiger partial charge in [-0.3, -0.25) is 4.79 Å². The number of rotatable bonds is 3. The number of aromatic nitrogens is 2. The zero-order valence-corrected chi connectivity index (χ0v) is 14.3. The Hall–Kier alpha value is -1.66. The fraction of sp³-hybridized carbons (Fsp3) is 0.375. The van der Waals surface area contributed by atoms with Gasteiger partial charge in [0.25, 0.3) is 14.6 Å². The van der Waals surface area contributed by atoms with Gasteiger partial charge in [-0.15, -0.1) is 0 Å². The molecular weight excluding hydrogens is 336 g/mol. The monoisotopic (exact) mass is 352 g/mol. The van der Waals surface area contributed by atoms with E-state index in [1.54, 1.807) is 12.1 Å². The molecule has 0 unspecified atom stereocenters. The number of halogens is 1. The van der Waals surface area contributed by atoms with E-state index in [0.717, 1.165) is 36.8 Å². The molecule has 0 spiro atoms. The van der Waals surface area contributed by atoms with Crippen LogP contribution in [0.3, 0.4) is 0 Å². The number of fused-ring (bicyclic) bond motifs is 1. The van der Waals surface area contributed by atoms with Crippen LogP contribution in [0.15, 0.2) is 27.9 Å². The van der Waals surface area contributed by atoms with Gasteiger partial charge < -0.3 is 0 Å². The normalized spacial score (nSPS) is 14.5. The van der Waals surface area contributed by atoms with Gasteiger partial charge in [-0.2, -0.15) is 5.10 Å². The van der Waals surface area contributed by atoms with Gasteiger partial charge in [0.2, 0.25) is 0 Å². The second kappa shape index (κ2) is 6.09. The lowest BCUT2D eigenvalue weighted by atomic mass is 9.89. The fourth-order valence-corrected chi connectivity index (χ4v) is 4.34. The average molecular weight is 353 g/mol. The van der Waals surface area contributed by atoms with Gasteiger partial charge in [0.15, 0.2) is 0 Å². The number of hydrogen-bond acceptors (Lipinski definition) is 4. The number of nitrogens with zero attached hydrogens (tertiary/aromatic N) is 1. The number of H-pyrrole nitrogens is 1. The summed E-state index contributed by atoms with van der Waals surface area (Å²) in [6.07, 6.45) is 4.06. The van der Waals surface area contributed by atoms with Crippen LogP contribution in [-0.2, 0) is 28.3 Å². The molecule has 0 fully saturated rings. The number of nitrogens with one attached hydrogen (secondary N) is 1. The predicted octanol–water partition coefficient (Wildman–Crippen LogP) is 2.81. The molecule has 1 aliphatic rings. The van der Waals surface area contributed by atoms with Crippen molar-refractivity contribution in [3.8, 4) is 11.3 Å². The molecule has 5 nitrogen and oxygen atoms in total. The summed E-state index contributed by atoms with van der Waals surface area (Å²) in [4.78, 5) is 12.0. The van der Waals surface area contributed by atoms with Crippen LogP contribution in [0, 0.1) is 0 Å². The second-order valence-electron chi connectivity index (χ2n) is 5.68. The summed E-state index contributed by atoms with van der Waals surface area (Å²) < 4.78 is 23.7. The number of benzene rings is 1. The minimum atomic E-state index is -3.83. The van der Waals surface area contributed by atoms with Gasteiger partial charge in [-0.25, -0.2) is 13.5 Å². The molecule has 1 aromatic carbocycles. The lowest BCUT2D eigenvalue weighted by molar-refractivity contribution is 0.608. The molecule has 0 radical (unpaired) electrons. The number of aromatic amines is 1. The van der Waals surface area contributed by atoms with E-state index in [1.807, 2.05) is 13.0 Å². The maximum atomic E-state index is 11.9.